The molecule has 0 aromatic rings. The molecule has 1 aliphatic rings. The van der Waals surface area contributed by atoms with Crippen molar-refractivity contribution in [1.29, 1.82) is 0 Å². The van der Waals surface area contributed by atoms with Gasteiger partial charge in [0.2, 0.25) is 5.91 Å². The van der Waals surface area contributed by atoms with Crippen LogP contribution >= 0.6 is 0 Å². The van der Waals surface area contributed by atoms with Crippen LogP contribution in [0.5, 0.6) is 0 Å². The molecule has 0 saturated carbocycles. The molecule has 0 spiro atoms. The van der Waals surface area contributed by atoms with E-state index in [9.17, 15) is 29.4 Å². The maximum Gasteiger partial charge on any atom is 0.333 e. The summed E-state index contributed by atoms with van der Waals surface area (Å²) >= 11 is 0. The Bertz CT molecular complexity index is 576. The predicted octanol–water partition coefficient (Wildman–Crippen LogP) is -4.30. The Morgan fingerprint density at radius 1 is 1.03 bits per heavy atom. The van der Waals surface area contributed by atoms with Crippen molar-refractivity contribution in [2.75, 3.05) is 33.0 Å². The van der Waals surface area contributed by atoms with Gasteiger partial charge in [-0.3, -0.25) is 19.7 Å². The van der Waals surface area contributed by atoms with E-state index in [0.717, 1.165) is 0 Å². The summed E-state index contributed by atoms with van der Waals surface area (Å²) in [6.07, 6.45) is -3.46. The second-order valence-corrected chi connectivity index (χ2v) is 6.51. The number of imide groups is 1. The highest BCUT2D eigenvalue weighted by Crippen LogP contribution is 2.12. The fraction of sp³-hybridized carbons (Fsp3) is 0.750. The smallest absolute Gasteiger partial charge is 0.333 e. The van der Waals surface area contributed by atoms with Crippen LogP contribution in [-0.2, 0) is 33.5 Å². The van der Waals surface area contributed by atoms with Crippen LogP contribution < -0.4 is 10.6 Å². The molecule has 5 N–H and O–H groups in total. The minimum absolute atomic E-state index is 0.0131. The van der Waals surface area contributed by atoms with Crippen molar-refractivity contribution in [2.45, 2.75) is 44.1 Å². The summed E-state index contributed by atoms with van der Waals surface area (Å²) < 4.78 is 10.3. The minimum atomic E-state index is -1.01. The van der Waals surface area contributed by atoms with Crippen molar-refractivity contribution in [2.24, 2.45) is 0 Å². The topological polar surface area (TPSA) is 184 Å². The second kappa shape index (κ2) is 14.0. The Balaban J connectivity index is 2.03. The van der Waals surface area contributed by atoms with Crippen LogP contribution in [0.1, 0.15) is 25.7 Å². The maximum atomic E-state index is 11.7. The molecule has 1 rings (SSSR count). The molecule has 1 heterocycles. The van der Waals surface area contributed by atoms with Gasteiger partial charge >= 0.3 is 5.97 Å². The Kier molecular flexibility index (Phi) is 12.1. The molecular formula is C16H28BN3O10. The molecule has 0 bridgehead atoms. The molecule has 3 atom stereocenters. The van der Waals surface area contributed by atoms with Crippen molar-refractivity contribution < 1.29 is 48.8 Å². The molecule has 30 heavy (non-hydrogen) atoms. The van der Waals surface area contributed by atoms with E-state index in [0.29, 0.717) is 5.06 Å². The Morgan fingerprint density at radius 3 is 2.23 bits per heavy atom. The standard InChI is InChI=1S/C16H28BN3O10/c17-16(27)19-12(23)9-29-6-5-28-8-10(21)7-18-11(22)1-4-15(26)30-20-13(24)2-3-14(20)25/h10,12,16,19,21,23,27H,1-9,17H2,(H,18,22). The molecule has 13 nitrogen and oxygen atoms in total. The number of carbonyl (C=O) groups excluding carboxylic acids is 4. The molecule has 0 aromatic carbocycles. The molecule has 3 amide bonds. The fourth-order valence-electron chi connectivity index (χ4n) is 2.26. The summed E-state index contributed by atoms with van der Waals surface area (Å²) in [6.45, 7) is 0.0809. The van der Waals surface area contributed by atoms with E-state index in [-0.39, 0.29) is 58.7 Å². The number of nitrogens with zero attached hydrogens (tertiary/aromatic N) is 1. The number of carbonyl (C=O) groups is 4. The number of aliphatic hydroxyl groups excluding tert-OH is 3. The molecule has 1 saturated heterocycles. The van der Waals surface area contributed by atoms with E-state index in [1.165, 1.54) is 7.85 Å². The number of hydrogen-bond donors (Lipinski definition) is 5. The van der Waals surface area contributed by atoms with Crippen LogP contribution in [0, 0.1) is 0 Å². The van der Waals surface area contributed by atoms with E-state index in [1.807, 2.05) is 0 Å². The summed E-state index contributed by atoms with van der Waals surface area (Å²) in [7, 11) is 1.46. The number of hydrogen-bond acceptors (Lipinski definition) is 11. The highest BCUT2D eigenvalue weighted by molar-refractivity contribution is 6.10. The predicted molar refractivity (Wildman–Crippen MR) is 101 cm³/mol. The summed E-state index contributed by atoms with van der Waals surface area (Å²) in [5.41, 5.74) is 0. The summed E-state index contributed by atoms with van der Waals surface area (Å²) in [5.74, 6) is -2.60. The maximum absolute atomic E-state index is 11.7. The Labute approximate surface area is 174 Å². The van der Waals surface area contributed by atoms with Gasteiger partial charge in [0.05, 0.1) is 45.1 Å². The molecule has 1 fully saturated rings. The van der Waals surface area contributed by atoms with Crippen LogP contribution in [0.25, 0.3) is 0 Å². The van der Waals surface area contributed by atoms with Crippen LogP contribution in [0.2, 0.25) is 0 Å². The van der Waals surface area contributed by atoms with E-state index < -0.39 is 42.1 Å². The first kappa shape index (κ1) is 25.9. The van der Waals surface area contributed by atoms with Gasteiger partial charge in [-0.2, -0.15) is 0 Å². The quantitative estimate of drug-likeness (QED) is 0.0729. The van der Waals surface area contributed by atoms with Crippen LogP contribution in [-0.4, -0.2) is 103 Å². The van der Waals surface area contributed by atoms with Crippen molar-refractivity contribution >= 4 is 31.5 Å². The van der Waals surface area contributed by atoms with Crippen molar-refractivity contribution in [3.63, 3.8) is 0 Å². The highest BCUT2D eigenvalue weighted by Gasteiger charge is 2.32. The number of amides is 3. The van der Waals surface area contributed by atoms with Gasteiger partial charge in [-0.25, -0.2) is 4.79 Å². The first-order valence-corrected chi connectivity index (χ1v) is 9.48. The zero-order chi connectivity index (χ0) is 22.5. The van der Waals surface area contributed by atoms with Crippen LogP contribution in [0.15, 0.2) is 0 Å². The summed E-state index contributed by atoms with van der Waals surface area (Å²) in [5, 5.41) is 33.4. The van der Waals surface area contributed by atoms with Crippen LogP contribution in [0.3, 0.4) is 0 Å². The third kappa shape index (κ3) is 11.2. The average molecular weight is 433 g/mol. The van der Waals surface area contributed by atoms with E-state index in [4.69, 9.17) is 14.6 Å². The molecule has 0 radical (unpaired) electrons. The van der Waals surface area contributed by atoms with Gasteiger partial charge < -0.3 is 34.9 Å². The van der Waals surface area contributed by atoms with Gasteiger partial charge in [0, 0.05) is 25.8 Å². The largest absolute Gasteiger partial charge is 0.389 e. The van der Waals surface area contributed by atoms with Crippen molar-refractivity contribution in [3.05, 3.63) is 0 Å². The van der Waals surface area contributed by atoms with Gasteiger partial charge in [-0.15, -0.1) is 5.06 Å². The first-order chi connectivity index (χ1) is 14.2. The molecule has 14 heteroatoms. The SMILES string of the molecule is BC(O)NC(O)COCCOCC(O)CNC(=O)CCC(=O)ON1C(=O)CCC1=O. The molecule has 0 aliphatic carbocycles. The van der Waals surface area contributed by atoms with Gasteiger partial charge in [0.15, 0.2) is 7.85 Å². The van der Waals surface area contributed by atoms with E-state index in [1.54, 1.807) is 0 Å². The van der Waals surface area contributed by atoms with Crippen molar-refractivity contribution in [3.8, 4) is 0 Å². The Hall–Kier alpha value is -2.10. The van der Waals surface area contributed by atoms with E-state index in [2.05, 4.69) is 15.5 Å². The number of hydroxylamine groups is 2. The summed E-state index contributed by atoms with van der Waals surface area (Å²) in [4.78, 5) is 50.6. The van der Waals surface area contributed by atoms with Gasteiger partial charge in [0.25, 0.3) is 11.8 Å². The molecule has 0 aromatic heterocycles. The molecular weight excluding hydrogens is 405 g/mol. The normalized spacial score (nSPS) is 17.0. The van der Waals surface area contributed by atoms with Crippen LogP contribution in [0.4, 0.5) is 0 Å². The molecule has 170 valence electrons. The minimum Gasteiger partial charge on any atom is -0.389 e. The lowest BCUT2D eigenvalue weighted by Crippen LogP contribution is -2.41. The number of aliphatic hydroxyl groups is 3. The monoisotopic (exact) mass is 433 g/mol. The average Bonchev–Trinajstić information content (AvgIpc) is 2.98. The lowest BCUT2D eigenvalue weighted by Gasteiger charge is -2.16. The van der Waals surface area contributed by atoms with Gasteiger partial charge in [0.1, 0.15) is 6.23 Å². The lowest BCUT2D eigenvalue weighted by molar-refractivity contribution is -0.197. The second-order valence-electron chi connectivity index (χ2n) is 6.51. The zero-order valence-electron chi connectivity index (χ0n) is 16.7. The van der Waals surface area contributed by atoms with Crippen molar-refractivity contribution in [1.82, 2.24) is 15.7 Å². The van der Waals surface area contributed by atoms with Gasteiger partial charge in [-0.05, 0) is 0 Å². The third-order valence-electron chi connectivity index (χ3n) is 3.68. The van der Waals surface area contributed by atoms with Gasteiger partial charge in [-0.1, -0.05) is 0 Å². The highest BCUT2D eigenvalue weighted by atomic mass is 16.7. The number of nitrogens with one attached hydrogen (secondary N) is 2. The number of ether oxygens (including phenoxy) is 2. The lowest BCUT2D eigenvalue weighted by atomic mass is 10.1. The summed E-state index contributed by atoms with van der Waals surface area (Å²) in [6, 6.07) is 0. The first-order valence-electron chi connectivity index (χ1n) is 9.48. The number of rotatable bonds is 15. The zero-order valence-corrected chi connectivity index (χ0v) is 16.7. The molecule has 1 aliphatic heterocycles. The van der Waals surface area contributed by atoms with E-state index >= 15 is 0 Å². The Morgan fingerprint density at radius 2 is 1.63 bits per heavy atom. The fourth-order valence-corrected chi connectivity index (χ4v) is 2.26. The molecule has 3 unspecified atom stereocenters. The third-order valence-corrected chi connectivity index (χ3v) is 3.68.